The molecule has 0 fully saturated rings. The lowest BCUT2D eigenvalue weighted by Crippen LogP contribution is -2.15. The number of carbonyl (C=O) groups is 1. The summed E-state index contributed by atoms with van der Waals surface area (Å²) in [5, 5.41) is 6.04. The lowest BCUT2D eigenvalue weighted by molar-refractivity contribution is 0.102. The standard InChI is InChI=1S/C17H22N4O/c1-3-5-10-18-16-11-15(19-12-20-16)17(22)21-14-8-6-13(4-2)7-9-14/h6-9,11-12H,3-5,10H2,1-2H3,(H,21,22)(H,18,19,20). The molecule has 22 heavy (non-hydrogen) atoms. The van der Waals surface area contributed by atoms with Gasteiger partial charge < -0.3 is 10.6 Å². The molecule has 1 heterocycles. The molecule has 0 radical (unpaired) electrons. The summed E-state index contributed by atoms with van der Waals surface area (Å²) in [7, 11) is 0. The van der Waals surface area contributed by atoms with E-state index in [0.717, 1.165) is 31.5 Å². The second-order valence-corrected chi connectivity index (χ2v) is 5.07. The first kappa shape index (κ1) is 15.9. The Bertz CT molecular complexity index is 610. The Morgan fingerprint density at radius 2 is 1.91 bits per heavy atom. The number of unbranched alkanes of at least 4 members (excludes halogenated alkanes) is 1. The quantitative estimate of drug-likeness (QED) is 0.768. The molecule has 0 aliphatic heterocycles. The number of anilines is 2. The molecule has 0 aliphatic carbocycles. The fraction of sp³-hybridized carbons (Fsp3) is 0.353. The lowest BCUT2D eigenvalue weighted by Gasteiger charge is -2.07. The minimum atomic E-state index is -0.231. The zero-order valence-electron chi connectivity index (χ0n) is 13.1. The van der Waals surface area contributed by atoms with E-state index >= 15 is 0 Å². The van der Waals surface area contributed by atoms with Gasteiger partial charge in [0.15, 0.2) is 0 Å². The van der Waals surface area contributed by atoms with Crippen LogP contribution in [-0.4, -0.2) is 22.4 Å². The Morgan fingerprint density at radius 3 is 2.59 bits per heavy atom. The van der Waals surface area contributed by atoms with Gasteiger partial charge in [-0.2, -0.15) is 0 Å². The molecule has 116 valence electrons. The van der Waals surface area contributed by atoms with Crippen LogP contribution in [0.2, 0.25) is 0 Å². The molecule has 2 aromatic rings. The summed E-state index contributed by atoms with van der Waals surface area (Å²) in [5.41, 5.74) is 2.36. The van der Waals surface area contributed by atoms with Crippen LogP contribution in [-0.2, 0) is 6.42 Å². The first-order valence-electron chi connectivity index (χ1n) is 7.69. The van der Waals surface area contributed by atoms with Crippen LogP contribution in [0, 0.1) is 0 Å². The molecule has 2 rings (SSSR count). The smallest absolute Gasteiger partial charge is 0.274 e. The van der Waals surface area contributed by atoms with E-state index in [2.05, 4.69) is 34.4 Å². The zero-order chi connectivity index (χ0) is 15.8. The molecule has 1 amide bonds. The van der Waals surface area contributed by atoms with Crippen molar-refractivity contribution in [2.24, 2.45) is 0 Å². The van der Waals surface area contributed by atoms with Crippen LogP contribution in [0.4, 0.5) is 11.5 Å². The van der Waals surface area contributed by atoms with Crippen molar-refractivity contribution in [3.63, 3.8) is 0 Å². The molecule has 0 aliphatic rings. The number of benzene rings is 1. The largest absolute Gasteiger partial charge is 0.370 e. The van der Waals surface area contributed by atoms with Crippen LogP contribution < -0.4 is 10.6 Å². The summed E-state index contributed by atoms with van der Waals surface area (Å²) in [6.07, 6.45) is 4.56. The summed E-state index contributed by atoms with van der Waals surface area (Å²) >= 11 is 0. The third-order valence-electron chi connectivity index (χ3n) is 3.36. The van der Waals surface area contributed by atoms with Gasteiger partial charge in [-0.05, 0) is 30.5 Å². The molecule has 0 unspecified atom stereocenters. The molecule has 2 N–H and O–H groups in total. The second-order valence-electron chi connectivity index (χ2n) is 5.07. The van der Waals surface area contributed by atoms with Gasteiger partial charge in [0.25, 0.3) is 5.91 Å². The number of hydrogen-bond donors (Lipinski definition) is 2. The fourth-order valence-electron chi connectivity index (χ4n) is 1.99. The van der Waals surface area contributed by atoms with Gasteiger partial charge in [0.2, 0.25) is 0 Å². The summed E-state index contributed by atoms with van der Waals surface area (Å²) in [4.78, 5) is 20.4. The molecule has 0 saturated carbocycles. The minimum absolute atomic E-state index is 0.231. The summed E-state index contributed by atoms with van der Waals surface area (Å²) < 4.78 is 0. The monoisotopic (exact) mass is 298 g/mol. The molecule has 1 aromatic heterocycles. The van der Waals surface area contributed by atoms with E-state index in [-0.39, 0.29) is 5.91 Å². The highest BCUT2D eigenvalue weighted by Gasteiger charge is 2.09. The summed E-state index contributed by atoms with van der Waals surface area (Å²) in [5.74, 6) is 0.445. The average Bonchev–Trinajstić information content (AvgIpc) is 2.56. The predicted octanol–water partition coefficient (Wildman–Crippen LogP) is 3.50. The maximum atomic E-state index is 12.2. The van der Waals surface area contributed by atoms with Crippen molar-refractivity contribution < 1.29 is 4.79 Å². The Hall–Kier alpha value is -2.43. The molecule has 0 bridgehead atoms. The summed E-state index contributed by atoms with van der Waals surface area (Å²) in [6, 6.07) is 9.49. The summed E-state index contributed by atoms with van der Waals surface area (Å²) in [6.45, 7) is 5.07. The van der Waals surface area contributed by atoms with Crippen molar-refractivity contribution in [2.75, 3.05) is 17.2 Å². The van der Waals surface area contributed by atoms with Gasteiger partial charge in [0.1, 0.15) is 17.8 Å². The predicted molar refractivity (Wildman–Crippen MR) is 89.2 cm³/mol. The van der Waals surface area contributed by atoms with Crippen LogP contribution in [0.25, 0.3) is 0 Å². The number of rotatable bonds is 7. The van der Waals surface area contributed by atoms with Crippen molar-refractivity contribution in [1.82, 2.24) is 9.97 Å². The third-order valence-corrected chi connectivity index (χ3v) is 3.36. The van der Waals surface area contributed by atoms with Crippen LogP contribution in [0.15, 0.2) is 36.7 Å². The first-order chi connectivity index (χ1) is 10.7. The number of nitrogens with zero attached hydrogens (tertiary/aromatic N) is 2. The Morgan fingerprint density at radius 1 is 1.14 bits per heavy atom. The number of hydrogen-bond acceptors (Lipinski definition) is 4. The fourth-order valence-corrected chi connectivity index (χ4v) is 1.99. The molecular formula is C17H22N4O. The topological polar surface area (TPSA) is 66.9 Å². The maximum absolute atomic E-state index is 12.2. The van der Waals surface area contributed by atoms with E-state index in [1.807, 2.05) is 24.3 Å². The van der Waals surface area contributed by atoms with Crippen molar-refractivity contribution in [3.8, 4) is 0 Å². The average molecular weight is 298 g/mol. The number of amides is 1. The first-order valence-corrected chi connectivity index (χ1v) is 7.69. The van der Waals surface area contributed by atoms with Crippen LogP contribution >= 0.6 is 0 Å². The van der Waals surface area contributed by atoms with Crippen LogP contribution in [0.3, 0.4) is 0 Å². The van der Waals surface area contributed by atoms with Gasteiger partial charge in [0, 0.05) is 18.3 Å². The van der Waals surface area contributed by atoms with Crippen molar-refractivity contribution in [3.05, 3.63) is 47.9 Å². The SMILES string of the molecule is CCCCNc1cc(C(=O)Nc2ccc(CC)cc2)ncn1. The van der Waals surface area contributed by atoms with Gasteiger partial charge in [-0.3, -0.25) is 4.79 Å². The highest BCUT2D eigenvalue weighted by Crippen LogP contribution is 2.12. The molecule has 0 spiro atoms. The molecule has 0 atom stereocenters. The number of aromatic nitrogens is 2. The third kappa shape index (κ3) is 4.55. The molecular weight excluding hydrogens is 276 g/mol. The number of aryl methyl sites for hydroxylation is 1. The van der Waals surface area contributed by atoms with Crippen molar-refractivity contribution >= 4 is 17.4 Å². The highest BCUT2D eigenvalue weighted by molar-refractivity contribution is 6.03. The second kappa shape index (κ2) is 8.12. The van der Waals surface area contributed by atoms with Gasteiger partial charge in [-0.1, -0.05) is 32.4 Å². The van der Waals surface area contributed by atoms with E-state index in [4.69, 9.17) is 0 Å². The van der Waals surface area contributed by atoms with Gasteiger partial charge in [-0.15, -0.1) is 0 Å². The van der Waals surface area contributed by atoms with Crippen LogP contribution in [0.5, 0.6) is 0 Å². The normalized spacial score (nSPS) is 10.3. The number of carbonyl (C=O) groups excluding carboxylic acids is 1. The van der Waals surface area contributed by atoms with E-state index in [9.17, 15) is 4.79 Å². The zero-order valence-corrected chi connectivity index (χ0v) is 13.1. The van der Waals surface area contributed by atoms with Crippen molar-refractivity contribution in [2.45, 2.75) is 33.1 Å². The Kier molecular flexibility index (Phi) is 5.89. The van der Waals surface area contributed by atoms with E-state index < -0.39 is 0 Å². The Labute approximate surface area is 131 Å². The molecule has 0 saturated heterocycles. The Balaban J connectivity index is 2.00. The molecule has 1 aromatic carbocycles. The van der Waals surface area contributed by atoms with Crippen molar-refractivity contribution in [1.29, 1.82) is 0 Å². The minimum Gasteiger partial charge on any atom is -0.370 e. The van der Waals surface area contributed by atoms with Crippen LogP contribution in [0.1, 0.15) is 42.7 Å². The number of nitrogens with one attached hydrogen (secondary N) is 2. The lowest BCUT2D eigenvalue weighted by atomic mass is 10.1. The van der Waals surface area contributed by atoms with E-state index in [1.54, 1.807) is 6.07 Å². The highest BCUT2D eigenvalue weighted by atomic mass is 16.1. The molecule has 5 heteroatoms. The van der Waals surface area contributed by atoms with E-state index in [1.165, 1.54) is 11.9 Å². The molecule has 5 nitrogen and oxygen atoms in total. The maximum Gasteiger partial charge on any atom is 0.274 e. The van der Waals surface area contributed by atoms with Gasteiger partial charge in [0.05, 0.1) is 0 Å². The van der Waals surface area contributed by atoms with Gasteiger partial charge in [-0.25, -0.2) is 9.97 Å². The van der Waals surface area contributed by atoms with E-state index in [0.29, 0.717) is 11.5 Å². The van der Waals surface area contributed by atoms with Gasteiger partial charge >= 0.3 is 0 Å².